The Bertz CT molecular complexity index is 1060. The van der Waals surface area contributed by atoms with Gasteiger partial charge in [0, 0.05) is 13.0 Å². The molecule has 0 saturated carbocycles. The molecule has 0 aliphatic heterocycles. The van der Waals surface area contributed by atoms with E-state index in [0.29, 0.717) is 24.1 Å². The standard InChI is InChI=1S/C54H106NO7P/c1-6-8-10-12-14-16-18-20-22-23-24-25-26-27-28-29-30-31-32-34-36-38-40-42-44-46-49-59-51-53(52-61-63(57,58)60-50-48-55(3,4)5)62-54(56)47-45-43-41-39-37-35-33-21-19-17-15-13-11-9-7-2/h18,20,23-24,53H,6-17,19,21-22,25-52H2,1-5H3/b20-18-,24-23-. The van der Waals surface area contributed by atoms with Crippen LogP contribution in [-0.4, -0.2) is 70.7 Å². The van der Waals surface area contributed by atoms with E-state index in [4.69, 9.17) is 18.5 Å². The van der Waals surface area contributed by atoms with Crippen LogP contribution in [0.15, 0.2) is 24.3 Å². The minimum atomic E-state index is -4.53. The van der Waals surface area contributed by atoms with Crippen LogP contribution in [0.2, 0.25) is 0 Å². The largest absolute Gasteiger partial charge is 0.756 e. The van der Waals surface area contributed by atoms with E-state index in [1.54, 1.807) is 0 Å². The van der Waals surface area contributed by atoms with Gasteiger partial charge >= 0.3 is 5.97 Å². The molecule has 0 rings (SSSR count). The van der Waals surface area contributed by atoms with Crippen molar-refractivity contribution < 1.29 is 37.3 Å². The van der Waals surface area contributed by atoms with Gasteiger partial charge in [0.05, 0.1) is 34.4 Å². The second-order valence-corrected chi connectivity index (χ2v) is 21.0. The summed E-state index contributed by atoms with van der Waals surface area (Å²) < 4.78 is 34.8. The molecule has 2 unspecified atom stereocenters. The third kappa shape index (κ3) is 51.8. The van der Waals surface area contributed by atoms with Crippen LogP contribution in [0.3, 0.4) is 0 Å². The number of nitrogens with zero attached hydrogens (tertiary/aromatic N) is 1. The van der Waals surface area contributed by atoms with Gasteiger partial charge in [-0.2, -0.15) is 0 Å². The smallest absolute Gasteiger partial charge is 0.306 e. The maximum Gasteiger partial charge on any atom is 0.306 e. The molecular formula is C54H106NO7P. The highest BCUT2D eigenvalue weighted by atomic mass is 31.2. The zero-order valence-electron chi connectivity index (χ0n) is 42.5. The molecule has 0 aliphatic rings. The van der Waals surface area contributed by atoms with E-state index in [-0.39, 0.29) is 25.8 Å². The Labute approximate surface area is 392 Å². The summed E-state index contributed by atoms with van der Waals surface area (Å²) in [5, 5.41) is 0. The molecule has 9 heteroatoms. The monoisotopic (exact) mass is 912 g/mol. The SMILES string of the molecule is CCCCCCC/C=C\C/C=C\CCCCCCCCCCCCCCCCOCC(COP(=O)([O-])OCC[N+](C)(C)C)OC(=O)CCCCCCCCCCCCCCCCC. The van der Waals surface area contributed by atoms with Crippen molar-refractivity contribution in [1.29, 1.82) is 0 Å². The van der Waals surface area contributed by atoms with Crippen LogP contribution < -0.4 is 4.89 Å². The molecule has 8 nitrogen and oxygen atoms in total. The topological polar surface area (TPSA) is 94.1 Å². The van der Waals surface area contributed by atoms with Crippen molar-refractivity contribution in [2.75, 3.05) is 54.1 Å². The zero-order valence-corrected chi connectivity index (χ0v) is 43.4. The highest BCUT2D eigenvalue weighted by Gasteiger charge is 2.20. The van der Waals surface area contributed by atoms with E-state index < -0.39 is 13.9 Å². The van der Waals surface area contributed by atoms with E-state index in [1.165, 1.54) is 199 Å². The molecule has 2 atom stereocenters. The highest BCUT2D eigenvalue weighted by Crippen LogP contribution is 2.38. The van der Waals surface area contributed by atoms with Crippen molar-refractivity contribution in [1.82, 2.24) is 0 Å². The number of unbranched alkanes of at least 4 members (excludes halogenated alkanes) is 33. The van der Waals surface area contributed by atoms with Crippen molar-refractivity contribution >= 4 is 13.8 Å². The number of carbonyl (C=O) groups is 1. The Morgan fingerprint density at radius 3 is 1.29 bits per heavy atom. The van der Waals surface area contributed by atoms with Crippen LogP contribution in [0, 0.1) is 0 Å². The van der Waals surface area contributed by atoms with E-state index in [1.807, 2.05) is 21.1 Å². The third-order valence-electron chi connectivity index (χ3n) is 12.0. The number of likely N-dealkylation sites (N-methyl/N-ethyl adjacent to an activating group) is 1. The molecule has 0 fully saturated rings. The minimum absolute atomic E-state index is 0.0290. The van der Waals surface area contributed by atoms with Gasteiger partial charge in [-0.25, -0.2) is 0 Å². The first kappa shape index (κ1) is 62.0. The lowest BCUT2D eigenvalue weighted by Crippen LogP contribution is -2.37. The molecule has 0 bridgehead atoms. The average Bonchev–Trinajstić information content (AvgIpc) is 3.24. The number of esters is 1. The van der Waals surface area contributed by atoms with E-state index in [9.17, 15) is 14.3 Å². The summed E-state index contributed by atoms with van der Waals surface area (Å²) in [4.78, 5) is 25.2. The van der Waals surface area contributed by atoms with Crippen molar-refractivity contribution in [2.45, 2.75) is 264 Å². The number of quaternary nitrogens is 1. The fourth-order valence-electron chi connectivity index (χ4n) is 7.81. The number of ether oxygens (including phenoxy) is 2. The maximum atomic E-state index is 12.7. The van der Waals surface area contributed by atoms with Crippen LogP contribution in [0.5, 0.6) is 0 Å². The van der Waals surface area contributed by atoms with Gasteiger partial charge < -0.3 is 27.9 Å². The number of allylic oxidation sites excluding steroid dienone is 4. The Morgan fingerprint density at radius 1 is 0.492 bits per heavy atom. The predicted molar refractivity (Wildman–Crippen MR) is 268 cm³/mol. The van der Waals surface area contributed by atoms with Gasteiger partial charge in [0.25, 0.3) is 7.82 Å². The normalized spacial score (nSPS) is 13.7. The Hall–Kier alpha value is -1.02. The number of phosphoric acid groups is 1. The van der Waals surface area contributed by atoms with Crippen LogP contribution in [0.1, 0.15) is 258 Å². The molecule has 0 heterocycles. The van der Waals surface area contributed by atoms with Gasteiger partial charge in [0.1, 0.15) is 19.3 Å². The second kappa shape index (κ2) is 47.5. The van der Waals surface area contributed by atoms with Gasteiger partial charge in [-0.3, -0.25) is 9.36 Å². The molecule has 0 radical (unpaired) electrons. The summed E-state index contributed by atoms with van der Waals surface area (Å²) in [6.45, 7) is 5.45. The van der Waals surface area contributed by atoms with Crippen LogP contribution in [-0.2, 0) is 27.9 Å². The lowest BCUT2D eigenvalue weighted by atomic mass is 10.0. The van der Waals surface area contributed by atoms with Crippen molar-refractivity contribution in [2.24, 2.45) is 0 Å². The van der Waals surface area contributed by atoms with Gasteiger partial charge in [-0.1, -0.05) is 231 Å². The molecule has 0 aliphatic carbocycles. The van der Waals surface area contributed by atoms with Crippen molar-refractivity contribution in [3.8, 4) is 0 Å². The van der Waals surface area contributed by atoms with Crippen LogP contribution in [0.25, 0.3) is 0 Å². The van der Waals surface area contributed by atoms with E-state index in [2.05, 4.69) is 38.2 Å². The van der Waals surface area contributed by atoms with Crippen molar-refractivity contribution in [3.05, 3.63) is 24.3 Å². The summed E-state index contributed by atoms with van der Waals surface area (Å²) in [5.41, 5.74) is 0. The fraction of sp³-hybridized carbons (Fsp3) is 0.907. The number of hydrogen-bond donors (Lipinski definition) is 0. The number of carbonyl (C=O) groups excluding carboxylic acids is 1. The van der Waals surface area contributed by atoms with E-state index in [0.717, 1.165) is 38.5 Å². The molecule has 374 valence electrons. The summed E-state index contributed by atoms with van der Waals surface area (Å²) in [6, 6.07) is 0. The quantitative estimate of drug-likeness (QED) is 0.0197. The molecule has 63 heavy (non-hydrogen) atoms. The van der Waals surface area contributed by atoms with Gasteiger partial charge in [-0.05, 0) is 44.9 Å². The Kier molecular flexibility index (Phi) is 46.7. The van der Waals surface area contributed by atoms with Crippen molar-refractivity contribution in [3.63, 3.8) is 0 Å². The Morgan fingerprint density at radius 2 is 0.873 bits per heavy atom. The predicted octanol–water partition coefficient (Wildman–Crippen LogP) is 16.1. The zero-order chi connectivity index (χ0) is 46.2. The summed E-state index contributed by atoms with van der Waals surface area (Å²) in [6.07, 6.45) is 56.4. The molecule has 0 aromatic rings. The van der Waals surface area contributed by atoms with Gasteiger partial charge in [0.15, 0.2) is 0 Å². The number of phosphoric ester groups is 1. The first-order chi connectivity index (χ1) is 30.6. The molecule has 0 spiro atoms. The van der Waals surface area contributed by atoms with Crippen LogP contribution in [0.4, 0.5) is 0 Å². The molecule has 0 aromatic heterocycles. The molecule has 0 amide bonds. The summed E-state index contributed by atoms with van der Waals surface area (Å²) in [5.74, 6) is -0.329. The highest BCUT2D eigenvalue weighted by molar-refractivity contribution is 7.45. The third-order valence-corrected chi connectivity index (χ3v) is 13.0. The summed E-state index contributed by atoms with van der Waals surface area (Å²) in [7, 11) is 1.37. The lowest BCUT2D eigenvalue weighted by Gasteiger charge is -2.28. The first-order valence-electron chi connectivity index (χ1n) is 27.1. The molecule has 0 aromatic carbocycles. The number of hydrogen-bond acceptors (Lipinski definition) is 7. The van der Waals surface area contributed by atoms with Gasteiger partial charge in [-0.15, -0.1) is 0 Å². The molecular weight excluding hydrogens is 806 g/mol. The molecule has 0 N–H and O–H groups in total. The lowest BCUT2D eigenvalue weighted by molar-refractivity contribution is -0.870. The Balaban J connectivity index is 4.02. The average molecular weight is 912 g/mol. The minimum Gasteiger partial charge on any atom is -0.756 e. The molecule has 0 saturated heterocycles. The second-order valence-electron chi connectivity index (χ2n) is 19.6. The number of rotatable bonds is 51. The summed E-state index contributed by atoms with van der Waals surface area (Å²) >= 11 is 0. The maximum absolute atomic E-state index is 12.7. The fourth-order valence-corrected chi connectivity index (χ4v) is 8.54. The van der Waals surface area contributed by atoms with Gasteiger partial charge in [0.2, 0.25) is 0 Å². The first-order valence-corrected chi connectivity index (χ1v) is 28.5. The van der Waals surface area contributed by atoms with Crippen LogP contribution >= 0.6 is 7.82 Å². The van der Waals surface area contributed by atoms with E-state index >= 15 is 0 Å².